The Morgan fingerprint density at radius 3 is 2.67 bits per heavy atom. The smallest absolute Gasteiger partial charge is 0.242 e. The lowest BCUT2D eigenvalue weighted by Gasteiger charge is -2.28. The fourth-order valence-electron chi connectivity index (χ4n) is 2.24. The summed E-state index contributed by atoms with van der Waals surface area (Å²) in [6, 6.07) is 2.43. The van der Waals surface area contributed by atoms with Crippen LogP contribution in [-0.4, -0.2) is 27.0 Å². The minimum absolute atomic E-state index is 0. The molecule has 0 bridgehead atoms. The summed E-state index contributed by atoms with van der Waals surface area (Å²) < 4.78 is 40.7. The summed E-state index contributed by atoms with van der Waals surface area (Å²) in [7, 11) is -3.86. The van der Waals surface area contributed by atoms with Gasteiger partial charge in [0.1, 0.15) is 4.90 Å². The van der Waals surface area contributed by atoms with E-state index < -0.39 is 20.9 Å². The fourth-order valence-corrected chi connectivity index (χ4v) is 4.27. The van der Waals surface area contributed by atoms with E-state index in [1.54, 1.807) is 0 Å². The molecular weight excluding hydrogens is 362 g/mol. The van der Waals surface area contributed by atoms with E-state index in [-0.39, 0.29) is 34.4 Å². The predicted molar refractivity (Wildman–Crippen MR) is 84.5 cm³/mol. The van der Waals surface area contributed by atoms with Crippen LogP contribution in [0.25, 0.3) is 0 Å². The van der Waals surface area contributed by atoms with Crippen molar-refractivity contribution in [3.63, 3.8) is 0 Å². The Bertz CT molecular complexity index is 613. The molecule has 0 spiro atoms. The summed E-state index contributed by atoms with van der Waals surface area (Å²) in [5.41, 5.74) is 0. The van der Waals surface area contributed by atoms with Gasteiger partial charge in [-0.3, -0.25) is 0 Å². The van der Waals surface area contributed by atoms with E-state index in [1.807, 2.05) is 6.92 Å². The largest absolute Gasteiger partial charge is 0.314 e. The van der Waals surface area contributed by atoms with Gasteiger partial charge in [-0.1, -0.05) is 23.2 Å². The van der Waals surface area contributed by atoms with Crippen molar-refractivity contribution in [3.05, 3.63) is 28.0 Å². The molecule has 1 aliphatic rings. The van der Waals surface area contributed by atoms with Crippen LogP contribution in [0.4, 0.5) is 4.39 Å². The van der Waals surface area contributed by atoms with E-state index in [9.17, 15) is 12.8 Å². The molecule has 120 valence electrons. The number of sulfonamides is 1. The number of nitrogens with one attached hydrogen (secondary N) is 2. The number of halogens is 4. The van der Waals surface area contributed by atoms with Crippen LogP contribution in [0.1, 0.15) is 19.8 Å². The molecule has 0 aliphatic carbocycles. The number of hydrogen-bond donors (Lipinski definition) is 2. The molecule has 1 heterocycles. The highest BCUT2D eigenvalue weighted by Gasteiger charge is 2.27. The van der Waals surface area contributed by atoms with Gasteiger partial charge in [0.05, 0.1) is 10.0 Å². The Balaban J connectivity index is 0.00000220. The highest BCUT2D eigenvalue weighted by Crippen LogP contribution is 2.29. The monoisotopic (exact) mass is 376 g/mol. The molecular formula is C12H16Cl3FN2O2S. The molecule has 2 N–H and O–H groups in total. The summed E-state index contributed by atoms with van der Waals surface area (Å²) >= 11 is 11.3. The van der Waals surface area contributed by atoms with Crippen molar-refractivity contribution in [2.24, 2.45) is 0 Å². The fraction of sp³-hybridized carbons (Fsp3) is 0.500. The minimum Gasteiger partial charge on any atom is -0.314 e. The molecule has 1 aliphatic heterocycles. The molecule has 2 unspecified atom stereocenters. The van der Waals surface area contributed by atoms with Gasteiger partial charge in [0.15, 0.2) is 5.82 Å². The van der Waals surface area contributed by atoms with Gasteiger partial charge in [-0.25, -0.2) is 17.5 Å². The molecule has 0 amide bonds. The molecule has 1 fully saturated rings. The Morgan fingerprint density at radius 2 is 2.05 bits per heavy atom. The third kappa shape index (κ3) is 4.43. The predicted octanol–water partition coefficient (Wildman–Crippen LogP) is 2.97. The molecule has 0 saturated carbocycles. The number of piperidine rings is 1. The summed E-state index contributed by atoms with van der Waals surface area (Å²) in [6.45, 7) is 2.71. The van der Waals surface area contributed by atoms with E-state index in [2.05, 4.69) is 10.0 Å². The van der Waals surface area contributed by atoms with Crippen molar-refractivity contribution in [2.45, 2.75) is 36.7 Å². The van der Waals surface area contributed by atoms with Gasteiger partial charge >= 0.3 is 0 Å². The van der Waals surface area contributed by atoms with Crippen molar-refractivity contribution in [1.29, 1.82) is 0 Å². The van der Waals surface area contributed by atoms with Crippen molar-refractivity contribution < 1.29 is 12.8 Å². The lowest BCUT2D eigenvalue weighted by atomic mass is 10.0. The van der Waals surface area contributed by atoms with Crippen molar-refractivity contribution in [2.75, 3.05) is 6.54 Å². The highest BCUT2D eigenvalue weighted by atomic mass is 35.5. The van der Waals surface area contributed by atoms with Crippen LogP contribution in [0.5, 0.6) is 0 Å². The molecule has 1 saturated heterocycles. The second kappa shape index (κ2) is 7.44. The summed E-state index contributed by atoms with van der Waals surface area (Å²) in [5.74, 6) is -0.921. The average Bonchev–Trinajstić information content (AvgIpc) is 2.35. The Morgan fingerprint density at radius 1 is 1.38 bits per heavy atom. The zero-order chi connectivity index (χ0) is 14.9. The summed E-state index contributed by atoms with van der Waals surface area (Å²) in [5, 5.41) is 2.54. The first-order valence-electron chi connectivity index (χ1n) is 6.20. The standard InChI is InChI=1S/C12H15Cl2FN2O2S.ClH/c1-7-6-8(4-5-16-7)17-20(18,19)10-3-2-9(13)12(15)11(10)14;/h2-3,7-8,16-17H,4-6H2,1H3;1H. The number of benzene rings is 1. The third-order valence-electron chi connectivity index (χ3n) is 3.23. The molecule has 4 nitrogen and oxygen atoms in total. The minimum atomic E-state index is -3.86. The van der Waals surface area contributed by atoms with E-state index >= 15 is 0 Å². The molecule has 0 radical (unpaired) electrons. The normalized spacial score (nSPS) is 22.7. The third-order valence-corrected chi connectivity index (χ3v) is 5.57. The second-order valence-corrected chi connectivity index (χ2v) is 7.34. The van der Waals surface area contributed by atoms with E-state index in [1.165, 1.54) is 12.1 Å². The van der Waals surface area contributed by atoms with Crippen LogP contribution in [0, 0.1) is 5.82 Å². The van der Waals surface area contributed by atoms with Crippen LogP contribution < -0.4 is 10.0 Å². The van der Waals surface area contributed by atoms with Crippen molar-refractivity contribution in [3.8, 4) is 0 Å². The second-order valence-electron chi connectivity index (χ2n) is 4.87. The van der Waals surface area contributed by atoms with Gasteiger partial charge in [0.2, 0.25) is 10.0 Å². The van der Waals surface area contributed by atoms with Crippen molar-refractivity contribution in [1.82, 2.24) is 10.0 Å². The molecule has 1 aromatic rings. The van der Waals surface area contributed by atoms with E-state index in [0.29, 0.717) is 12.8 Å². The zero-order valence-corrected chi connectivity index (χ0v) is 14.3. The van der Waals surface area contributed by atoms with Crippen LogP contribution >= 0.6 is 35.6 Å². The lowest BCUT2D eigenvalue weighted by Crippen LogP contribution is -2.46. The molecule has 2 atom stereocenters. The maximum Gasteiger partial charge on any atom is 0.242 e. The number of hydrogen-bond acceptors (Lipinski definition) is 3. The maximum absolute atomic E-state index is 13.6. The average molecular weight is 378 g/mol. The van der Waals surface area contributed by atoms with Gasteiger partial charge < -0.3 is 5.32 Å². The van der Waals surface area contributed by atoms with Crippen LogP contribution in [0.3, 0.4) is 0 Å². The first-order chi connectivity index (χ1) is 9.31. The van der Waals surface area contributed by atoms with Gasteiger partial charge in [0.25, 0.3) is 0 Å². The van der Waals surface area contributed by atoms with Crippen LogP contribution in [-0.2, 0) is 10.0 Å². The van der Waals surface area contributed by atoms with Crippen LogP contribution in [0.15, 0.2) is 17.0 Å². The Labute approximate surface area is 139 Å². The van der Waals surface area contributed by atoms with Gasteiger partial charge in [-0.05, 0) is 38.4 Å². The molecule has 2 rings (SSSR count). The first kappa shape index (κ1) is 18.9. The topological polar surface area (TPSA) is 58.2 Å². The summed E-state index contributed by atoms with van der Waals surface area (Å²) in [4.78, 5) is -0.285. The lowest BCUT2D eigenvalue weighted by molar-refractivity contribution is 0.361. The molecule has 1 aromatic carbocycles. The quantitative estimate of drug-likeness (QED) is 0.796. The molecule has 21 heavy (non-hydrogen) atoms. The van der Waals surface area contributed by atoms with Gasteiger partial charge in [-0.2, -0.15) is 0 Å². The molecule has 9 heteroatoms. The van der Waals surface area contributed by atoms with E-state index in [0.717, 1.165) is 6.54 Å². The van der Waals surface area contributed by atoms with Gasteiger partial charge in [0, 0.05) is 12.1 Å². The maximum atomic E-state index is 13.6. The zero-order valence-electron chi connectivity index (χ0n) is 11.2. The van der Waals surface area contributed by atoms with Gasteiger partial charge in [-0.15, -0.1) is 12.4 Å². The summed E-state index contributed by atoms with van der Waals surface area (Å²) in [6.07, 6.45) is 1.35. The highest BCUT2D eigenvalue weighted by molar-refractivity contribution is 7.89. The Kier molecular flexibility index (Phi) is 6.71. The Hall–Kier alpha value is -0.110. The first-order valence-corrected chi connectivity index (χ1v) is 8.44. The SMILES string of the molecule is CC1CC(NS(=O)(=O)c2ccc(Cl)c(F)c2Cl)CCN1.Cl. The number of rotatable bonds is 3. The van der Waals surface area contributed by atoms with Crippen molar-refractivity contribution >= 4 is 45.6 Å². The molecule has 0 aromatic heterocycles. The van der Waals surface area contributed by atoms with E-state index in [4.69, 9.17) is 23.2 Å². The van der Waals surface area contributed by atoms with Crippen LogP contribution in [0.2, 0.25) is 10.0 Å².